The molecule has 1 N–H and O–H groups in total. The summed E-state index contributed by atoms with van der Waals surface area (Å²) in [6, 6.07) is 3.02. The van der Waals surface area contributed by atoms with Crippen molar-refractivity contribution in [1.29, 1.82) is 0 Å². The zero-order chi connectivity index (χ0) is 10.7. The highest BCUT2D eigenvalue weighted by molar-refractivity contribution is 7.07. The van der Waals surface area contributed by atoms with Gasteiger partial charge in [-0.1, -0.05) is 0 Å². The molecule has 15 heavy (non-hydrogen) atoms. The highest BCUT2D eigenvalue weighted by Crippen LogP contribution is 2.31. The van der Waals surface area contributed by atoms with Crippen molar-refractivity contribution >= 4 is 11.3 Å². The summed E-state index contributed by atoms with van der Waals surface area (Å²) in [6.07, 6.45) is 2.76. The Labute approximate surface area is 96.3 Å². The minimum absolute atomic E-state index is 0.789. The van der Waals surface area contributed by atoms with E-state index in [4.69, 9.17) is 0 Å². The van der Waals surface area contributed by atoms with Crippen LogP contribution in [0.1, 0.15) is 18.4 Å². The lowest BCUT2D eigenvalue weighted by atomic mass is 9.78. The summed E-state index contributed by atoms with van der Waals surface area (Å²) in [4.78, 5) is 2.51. The predicted molar refractivity (Wildman–Crippen MR) is 66.2 cm³/mol. The van der Waals surface area contributed by atoms with Crippen molar-refractivity contribution in [2.45, 2.75) is 25.4 Å². The molecule has 1 aliphatic rings. The number of nitrogens with zero attached hydrogens (tertiary/aromatic N) is 1. The third-order valence-electron chi connectivity index (χ3n) is 3.42. The van der Waals surface area contributed by atoms with Gasteiger partial charge in [-0.2, -0.15) is 11.3 Å². The Morgan fingerprint density at radius 2 is 2.40 bits per heavy atom. The van der Waals surface area contributed by atoms with E-state index in [2.05, 4.69) is 34.1 Å². The predicted octanol–water partition coefficient (Wildman–Crippen LogP) is 2.18. The van der Waals surface area contributed by atoms with Crippen molar-refractivity contribution in [3.8, 4) is 0 Å². The van der Waals surface area contributed by atoms with Crippen LogP contribution in [0.3, 0.4) is 0 Å². The smallest absolute Gasteiger partial charge is 0.0242 e. The minimum atomic E-state index is 0.789. The molecule has 1 heterocycles. The van der Waals surface area contributed by atoms with Gasteiger partial charge in [0, 0.05) is 12.6 Å². The summed E-state index contributed by atoms with van der Waals surface area (Å²) in [5.74, 6) is 0.860. The van der Waals surface area contributed by atoms with E-state index in [1.165, 1.54) is 24.9 Å². The molecule has 84 valence electrons. The molecule has 1 aromatic rings. The maximum absolute atomic E-state index is 3.29. The molecule has 2 atom stereocenters. The van der Waals surface area contributed by atoms with E-state index in [9.17, 15) is 0 Å². The lowest BCUT2D eigenvalue weighted by Gasteiger charge is -2.42. The van der Waals surface area contributed by atoms with Crippen molar-refractivity contribution in [1.82, 2.24) is 10.2 Å². The molecule has 1 saturated carbocycles. The van der Waals surface area contributed by atoms with Crippen molar-refractivity contribution < 1.29 is 0 Å². The van der Waals surface area contributed by atoms with Gasteiger partial charge in [0.25, 0.3) is 0 Å². The van der Waals surface area contributed by atoms with Crippen LogP contribution in [0.15, 0.2) is 16.8 Å². The van der Waals surface area contributed by atoms with Crippen LogP contribution in [0.5, 0.6) is 0 Å². The van der Waals surface area contributed by atoms with Crippen LogP contribution in [-0.2, 0) is 6.54 Å². The zero-order valence-electron chi connectivity index (χ0n) is 9.57. The number of thiophene rings is 1. The quantitative estimate of drug-likeness (QED) is 0.824. The fourth-order valence-electron chi connectivity index (χ4n) is 2.42. The topological polar surface area (TPSA) is 15.3 Å². The molecule has 0 bridgehead atoms. The van der Waals surface area contributed by atoms with Gasteiger partial charge in [0.1, 0.15) is 0 Å². The summed E-state index contributed by atoms with van der Waals surface area (Å²) < 4.78 is 0. The van der Waals surface area contributed by atoms with Gasteiger partial charge in [-0.15, -0.1) is 0 Å². The molecular weight excluding hydrogens is 204 g/mol. The van der Waals surface area contributed by atoms with Gasteiger partial charge in [0.15, 0.2) is 0 Å². The van der Waals surface area contributed by atoms with E-state index in [1.54, 1.807) is 11.3 Å². The van der Waals surface area contributed by atoms with Gasteiger partial charge >= 0.3 is 0 Å². The van der Waals surface area contributed by atoms with Crippen molar-refractivity contribution in [2.75, 3.05) is 20.6 Å². The Morgan fingerprint density at radius 1 is 1.53 bits per heavy atom. The van der Waals surface area contributed by atoms with Crippen LogP contribution in [0.4, 0.5) is 0 Å². The molecule has 0 spiro atoms. The third-order valence-corrected chi connectivity index (χ3v) is 4.15. The summed E-state index contributed by atoms with van der Waals surface area (Å²) >= 11 is 1.79. The number of hydrogen-bond donors (Lipinski definition) is 1. The van der Waals surface area contributed by atoms with Gasteiger partial charge in [0.05, 0.1) is 0 Å². The molecular formula is C12H20N2S. The molecule has 0 amide bonds. The molecule has 2 rings (SSSR count). The summed E-state index contributed by atoms with van der Waals surface area (Å²) in [5, 5.41) is 7.70. The number of hydrogen-bond acceptors (Lipinski definition) is 3. The van der Waals surface area contributed by atoms with Crippen LogP contribution in [0, 0.1) is 5.92 Å². The lowest BCUT2D eigenvalue weighted by Crippen LogP contribution is -2.48. The van der Waals surface area contributed by atoms with Crippen molar-refractivity contribution in [3.63, 3.8) is 0 Å². The highest BCUT2D eigenvalue weighted by atomic mass is 32.1. The Morgan fingerprint density at radius 3 is 2.93 bits per heavy atom. The van der Waals surface area contributed by atoms with Gasteiger partial charge in [-0.05, 0) is 61.8 Å². The van der Waals surface area contributed by atoms with E-state index >= 15 is 0 Å². The molecule has 0 radical (unpaired) electrons. The van der Waals surface area contributed by atoms with Gasteiger partial charge in [0.2, 0.25) is 0 Å². The highest BCUT2D eigenvalue weighted by Gasteiger charge is 2.32. The molecule has 1 fully saturated rings. The molecule has 0 aliphatic heterocycles. The van der Waals surface area contributed by atoms with E-state index in [1.807, 2.05) is 7.05 Å². The second-order valence-corrected chi connectivity index (χ2v) is 5.29. The maximum atomic E-state index is 3.29. The van der Waals surface area contributed by atoms with E-state index in [-0.39, 0.29) is 0 Å². The first-order chi connectivity index (χ1) is 7.31. The molecule has 2 unspecified atom stereocenters. The average Bonchev–Trinajstić information content (AvgIpc) is 2.64. The fraction of sp³-hybridized carbons (Fsp3) is 0.667. The van der Waals surface area contributed by atoms with E-state index in [0.29, 0.717) is 0 Å². The number of rotatable bonds is 5. The van der Waals surface area contributed by atoms with Gasteiger partial charge in [-0.3, -0.25) is 4.90 Å². The van der Waals surface area contributed by atoms with Crippen LogP contribution in [0.25, 0.3) is 0 Å². The largest absolute Gasteiger partial charge is 0.319 e. The van der Waals surface area contributed by atoms with E-state index in [0.717, 1.165) is 18.5 Å². The molecule has 3 heteroatoms. The Hall–Kier alpha value is -0.380. The molecule has 0 saturated heterocycles. The maximum Gasteiger partial charge on any atom is 0.0242 e. The molecule has 0 aromatic carbocycles. The van der Waals surface area contributed by atoms with Crippen molar-refractivity contribution in [3.05, 3.63) is 22.4 Å². The molecule has 2 nitrogen and oxygen atoms in total. The second kappa shape index (κ2) is 5.10. The summed E-state index contributed by atoms with van der Waals surface area (Å²) in [6.45, 7) is 2.27. The Bertz CT molecular complexity index is 284. The van der Waals surface area contributed by atoms with Crippen LogP contribution < -0.4 is 5.32 Å². The van der Waals surface area contributed by atoms with Gasteiger partial charge in [-0.25, -0.2) is 0 Å². The minimum Gasteiger partial charge on any atom is -0.319 e. The molecule has 1 aromatic heterocycles. The lowest BCUT2D eigenvalue weighted by molar-refractivity contribution is 0.0794. The Kier molecular flexibility index (Phi) is 3.78. The second-order valence-electron chi connectivity index (χ2n) is 4.51. The average molecular weight is 224 g/mol. The van der Waals surface area contributed by atoms with Crippen LogP contribution in [0.2, 0.25) is 0 Å². The first-order valence-electron chi connectivity index (χ1n) is 5.67. The standard InChI is InChI=1S/C12H20N2S/c1-13-7-11-3-4-12(11)14(2)8-10-5-6-15-9-10/h5-6,9,11-13H,3-4,7-8H2,1-2H3. The zero-order valence-corrected chi connectivity index (χ0v) is 10.4. The van der Waals surface area contributed by atoms with Crippen LogP contribution in [-0.4, -0.2) is 31.6 Å². The van der Waals surface area contributed by atoms with Crippen molar-refractivity contribution in [2.24, 2.45) is 5.92 Å². The fourth-order valence-corrected chi connectivity index (χ4v) is 3.08. The first-order valence-corrected chi connectivity index (χ1v) is 6.61. The van der Waals surface area contributed by atoms with E-state index < -0.39 is 0 Å². The monoisotopic (exact) mass is 224 g/mol. The summed E-state index contributed by atoms with van der Waals surface area (Å²) in [7, 11) is 4.30. The van der Waals surface area contributed by atoms with Crippen LogP contribution >= 0.6 is 11.3 Å². The summed E-state index contributed by atoms with van der Waals surface area (Å²) in [5.41, 5.74) is 1.46. The molecule has 1 aliphatic carbocycles. The Balaban J connectivity index is 1.83. The van der Waals surface area contributed by atoms with Gasteiger partial charge < -0.3 is 5.32 Å². The third kappa shape index (κ3) is 2.60. The normalized spacial score (nSPS) is 25.5. The number of nitrogens with one attached hydrogen (secondary N) is 1. The first kappa shape index (κ1) is 11.1. The SMILES string of the molecule is CNCC1CCC1N(C)Cc1ccsc1.